The second-order valence-corrected chi connectivity index (χ2v) is 8.73. The van der Waals surface area contributed by atoms with Crippen LogP contribution in [-0.4, -0.2) is 16.4 Å². The van der Waals surface area contributed by atoms with Crippen molar-refractivity contribution in [2.45, 2.75) is 57.4 Å². The monoisotopic (exact) mass is 326 g/mol. The second-order valence-electron chi connectivity index (χ2n) is 7.32. The zero-order valence-corrected chi connectivity index (χ0v) is 14.7. The van der Waals surface area contributed by atoms with Crippen LogP contribution in [0.4, 0.5) is 0 Å². The number of aromatic nitrogens is 1. The number of nitrogens with zero attached hydrogens (tertiary/aromatic N) is 1. The molecule has 4 heteroatoms. The van der Waals surface area contributed by atoms with Crippen LogP contribution in [-0.2, 0) is 5.41 Å². The van der Waals surface area contributed by atoms with Gasteiger partial charge in [0.05, 0.1) is 10.7 Å². The number of fused-ring (bicyclic) bond motifs is 1. The molecule has 5 rings (SSSR count). The Morgan fingerprint density at radius 1 is 1.17 bits per heavy atom. The van der Waals surface area contributed by atoms with E-state index in [9.17, 15) is 4.79 Å². The SMILES string of the molecule is Cc1nc(C23CCC(NC(=O)c4ccccc4C)(C2)C3)c(C)s1. The fourth-order valence-corrected chi connectivity index (χ4v) is 5.61. The molecule has 1 aromatic carbocycles. The first-order valence-electron chi connectivity index (χ1n) is 8.26. The third-order valence-corrected chi connectivity index (χ3v) is 6.50. The number of hydrogen-bond acceptors (Lipinski definition) is 3. The Bertz CT molecular complexity index is 786. The van der Waals surface area contributed by atoms with Crippen molar-refractivity contribution < 1.29 is 4.79 Å². The predicted octanol–water partition coefficient (Wildman–Crippen LogP) is 4.06. The van der Waals surface area contributed by atoms with E-state index in [1.165, 1.54) is 10.6 Å². The van der Waals surface area contributed by atoms with E-state index in [4.69, 9.17) is 4.98 Å². The molecule has 23 heavy (non-hydrogen) atoms. The number of thiazole rings is 1. The van der Waals surface area contributed by atoms with Crippen molar-refractivity contribution in [3.05, 3.63) is 51.0 Å². The molecule has 1 amide bonds. The van der Waals surface area contributed by atoms with Crippen LogP contribution in [0.25, 0.3) is 0 Å². The molecular formula is C19H22N2OS. The average molecular weight is 326 g/mol. The van der Waals surface area contributed by atoms with E-state index >= 15 is 0 Å². The number of amides is 1. The Balaban J connectivity index is 1.53. The zero-order valence-electron chi connectivity index (χ0n) is 13.9. The molecule has 1 aromatic heterocycles. The van der Waals surface area contributed by atoms with Gasteiger partial charge in [0.1, 0.15) is 0 Å². The molecule has 0 saturated heterocycles. The van der Waals surface area contributed by atoms with Gasteiger partial charge in [0.15, 0.2) is 0 Å². The molecule has 3 aliphatic rings. The lowest BCUT2D eigenvalue weighted by atomic mass is 9.63. The van der Waals surface area contributed by atoms with E-state index in [-0.39, 0.29) is 16.9 Å². The first-order chi connectivity index (χ1) is 10.9. The van der Waals surface area contributed by atoms with E-state index in [0.717, 1.165) is 41.8 Å². The quantitative estimate of drug-likeness (QED) is 0.924. The van der Waals surface area contributed by atoms with Gasteiger partial charge in [-0.15, -0.1) is 11.3 Å². The molecular weight excluding hydrogens is 304 g/mol. The van der Waals surface area contributed by atoms with Crippen LogP contribution in [0.1, 0.15) is 57.2 Å². The summed E-state index contributed by atoms with van der Waals surface area (Å²) < 4.78 is 0. The fraction of sp³-hybridized carbons (Fsp3) is 0.474. The van der Waals surface area contributed by atoms with Crippen LogP contribution < -0.4 is 5.32 Å². The first kappa shape index (κ1) is 14.9. The summed E-state index contributed by atoms with van der Waals surface area (Å²) in [5.74, 6) is 0.0739. The maximum absolute atomic E-state index is 12.6. The molecule has 3 fully saturated rings. The van der Waals surface area contributed by atoms with Gasteiger partial charge in [-0.2, -0.15) is 0 Å². The third kappa shape index (κ3) is 2.23. The summed E-state index contributed by atoms with van der Waals surface area (Å²) in [6.07, 6.45) is 4.30. The number of rotatable bonds is 3. The Kier molecular flexibility index (Phi) is 3.17. The summed E-state index contributed by atoms with van der Waals surface area (Å²) in [6.45, 7) is 6.26. The van der Waals surface area contributed by atoms with Gasteiger partial charge in [-0.3, -0.25) is 4.79 Å². The summed E-state index contributed by atoms with van der Waals surface area (Å²) in [5.41, 5.74) is 3.33. The minimum Gasteiger partial charge on any atom is -0.347 e. The highest BCUT2D eigenvalue weighted by Gasteiger charge is 2.63. The van der Waals surface area contributed by atoms with E-state index in [2.05, 4.69) is 19.2 Å². The van der Waals surface area contributed by atoms with Gasteiger partial charge in [-0.25, -0.2) is 4.98 Å². The summed E-state index contributed by atoms with van der Waals surface area (Å²) in [5, 5.41) is 4.49. The van der Waals surface area contributed by atoms with Crippen molar-refractivity contribution in [1.82, 2.24) is 10.3 Å². The standard InChI is InChI=1S/C19H22N2OS/c1-12-6-4-5-7-15(12)17(22)21-19-9-8-18(10-19,11-19)16-13(2)23-14(3)20-16/h4-7H,8-11H2,1-3H3,(H,21,22). The molecule has 3 aliphatic carbocycles. The highest BCUT2D eigenvalue weighted by atomic mass is 32.1. The van der Waals surface area contributed by atoms with E-state index in [0.29, 0.717) is 0 Å². The van der Waals surface area contributed by atoms with Crippen molar-refractivity contribution in [2.24, 2.45) is 0 Å². The Labute approximate surface area is 141 Å². The minimum atomic E-state index is -0.0106. The van der Waals surface area contributed by atoms with Gasteiger partial charge in [0.2, 0.25) is 0 Å². The molecule has 0 radical (unpaired) electrons. The lowest BCUT2D eigenvalue weighted by molar-refractivity contribution is 0.0803. The van der Waals surface area contributed by atoms with Crippen LogP contribution in [0.5, 0.6) is 0 Å². The lowest BCUT2D eigenvalue weighted by Crippen LogP contribution is -2.57. The number of hydrogen-bond donors (Lipinski definition) is 1. The maximum atomic E-state index is 12.6. The normalized spacial score (nSPS) is 28.5. The van der Waals surface area contributed by atoms with Gasteiger partial charge < -0.3 is 5.32 Å². The summed E-state index contributed by atoms with van der Waals surface area (Å²) >= 11 is 1.79. The molecule has 1 heterocycles. The minimum absolute atomic E-state index is 0.0106. The second kappa shape index (κ2) is 4.91. The Morgan fingerprint density at radius 2 is 1.91 bits per heavy atom. The summed E-state index contributed by atoms with van der Waals surface area (Å²) in [4.78, 5) is 18.8. The van der Waals surface area contributed by atoms with Crippen molar-refractivity contribution in [2.75, 3.05) is 0 Å². The Hall–Kier alpha value is -1.68. The van der Waals surface area contributed by atoms with Gasteiger partial charge in [-0.1, -0.05) is 18.2 Å². The van der Waals surface area contributed by atoms with Crippen molar-refractivity contribution in [3.8, 4) is 0 Å². The molecule has 120 valence electrons. The molecule has 0 aliphatic heterocycles. The van der Waals surface area contributed by atoms with Crippen LogP contribution in [0.15, 0.2) is 24.3 Å². The molecule has 2 bridgehead atoms. The van der Waals surface area contributed by atoms with E-state index in [1.54, 1.807) is 11.3 Å². The number of aryl methyl sites for hydroxylation is 3. The molecule has 0 unspecified atom stereocenters. The number of nitrogens with one attached hydrogen (secondary N) is 1. The molecule has 0 atom stereocenters. The van der Waals surface area contributed by atoms with Crippen LogP contribution in [0.3, 0.4) is 0 Å². The third-order valence-electron chi connectivity index (χ3n) is 5.61. The van der Waals surface area contributed by atoms with E-state index in [1.807, 2.05) is 31.2 Å². The Morgan fingerprint density at radius 3 is 2.57 bits per heavy atom. The molecule has 1 N–H and O–H groups in total. The van der Waals surface area contributed by atoms with Crippen LogP contribution in [0.2, 0.25) is 0 Å². The summed E-state index contributed by atoms with van der Waals surface area (Å²) in [7, 11) is 0. The van der Waals surface area contributed by atoms with Gasteiger partial charge in [-0.05, 0) is 58.1 Å². The topological polar surface area (TPSA) is 42.0 Å². The van der Waals surface area contributed by atoms with Gasteiger partial charge in [0.25, 0.3) is 5.91 Å². The smallest absolute Gasteiger partial charge is 0.251 e. The predicted molar refractivity (Wildman–Crippen MR) is 93.1 cm³/mol. The largest absolute Gasteiger partial charge is 0.347 e. The fourth-order valence-electron chi connectivity index (χ4n) is 4.67. The molecule has 3 nitrogen and oxygen atoms in total. The van der Waals surface area contributed by atoms with Gasteiger partial charge >= 0.3 is 0 Å². The maximum Gasteiger partial charge on any atom is 0.251 e. The van der Waals surface area contributed by atoms with Gasteiger partial charge in [0, 0.05) is 21.4 Å². The molecule has 2 aromatic rings. The van der Waals surface area contributed by atoms with Crippen molar-refractivity contribution >= 4 is 17.2 Å². The zero-order chi connectivity index (χ0) is 16.2. The number of carbonyl (C=O) groups excluding carboxylic acids is 1. The van der Waals surface area contributed by atoms with Crippen LogP contribution >= 0.6 is 11.3 Å². The van der Waals surface area contributed by atoms with Crippen molar-refractivity contribution in [3.63, 3.8) is 0 Å². The molecule has 3 saturated carbocycles. The van der Waals surface area contributed by atoms with Crippen LogP contribution in [0, 0.1) is 20.8 Å². The lowest BCUT2D eigenvalue weighted by Gasteiger charge is -2.47. The highest BCUT2D eigenvalue weighted by Crippen LogP contribution is 2.62. The first-order valence-corrected chi connectivity index (χ1v) is 9.07. The number of carbonyl (C=O) groups is 1. The average Bonchev–Trinajstić information content (AvgIpc) is 3.10. The number of benzene rings is 1. The van der Waals surface area contributed by atoms with E-state index < -0.39 is 0 Å². The molecule has 0 spiro atoms. The highest BCUT2D eigenvalue weighted by molar-refractivity contribution is 7.11. The summed E-state index contributed by atoms with van der Waals surface area (Å²) in [6, 6.07) is 7.81. The van der Waals surface area contributed by atoms with Crippen molar-refractivity contribution in [1.29, 1.82) is 0 Å².